The van der Waals surface area contributed by atoms with Gasteiger partial charge < -0.3 is 15.2 Å². The van der Waals surface area contributed by atoms with Gasteiger partial charge in [0.05, 0.1) is 23.8 Å². The van der Waals surface area contributed by atoms with Crippen molar-refractivity contribution in [2.75, 3.05) is 0 Å². The molecule has 0 radical (unpaired) electrons. The summed E-state index contributed by atoms with van der Waals surface area (Å²) in [5, 5.41) is 21.7. The lowest BCUT2D eigenvalue weighted by molar-refractivity contribution is 0.0717. The number of benzene rings is 2. The van der Waals surface area contributed by atoms with Crippen molar-refractivity contribution in [3.05, 3.63) is 59.7 Å². The molecule has 0 bridgehead atoms. The van der Waals surface area contributed by atoms with Crippen molar-refractivity contribution in [1.29, 1.82) is 5.26 Å². The number of carbonyl (C=O) groups is 1. The number of nitrogens with zero attached hydrogens (tertiary/aromatic N) is 1. The van der Waals surface area contributed by atoms with E-state index >= 15 is 0 Å². The Bertz CT molecular complexity index is 780. The molecule has 0 saturated heterocycles. The average molecular weight is 336 g/mol. The molecule has 0 aliphatic heterocycles. The van der Waals surface area contributed by atoms with Crippen molar-refractivity contribution < 1.29 is 14.6 Å². The van der Waals surface area contributed by atoms with E-state index in [0.29, 0.717) is 22.6 Å². The first-order chi connectivity index (χ1) is 12.2. The minimum Gasteiger partial charge on any atom is -0.457 e. The molecule has 0 spiro atoms. The predicted molar refractivity (Wildman–Crippen MR) is 93.4 cm³/mol. The largest absolute Gasteiger partial charge is 0.457 e. The molecular formula is C20H20N2O3. The molecule has 25 heavy (non-hydrogen) atoms. The van der Waals surface area contributed by atoms with Gasteiger partial charge in [0.25, 0.3) is 5.91 Å². The Morgan fingerprint density at radius 2 is 1.88 bits per heavy atom. The molecule has 2 aromatic carbocycles. The van der Waals surface area contributed by atoms with E-state index in [2.05, 4.69) is 11.4 Å². The number of carbonyl (C=O) groups excluding carboxylic acids is 1. The van der Waals surface area contributed by atoms with Gasteiger partial charge >= 0.3 is 0 Å². The minimum atomic E-state index is -0.476. The third-order valence-corrected chi connectivity index (χ3v) is 4.36. The van der Waals surface area contributed by atoms with E-state index in [1.807, 2.05) is 0 Å². The van der Waals surface area contributed by atoms with Crippen LogP contribution in [0.4, 0.5) is 0 Å². The second-order valence-electron chi connectivity index (χ2n) is 6.20. The van der Waals surface area contributed by atoms with Gasteiger partial charge in [-0.15, -0.1) is 0 Å². The summed E-state index contributed by atoms with van der Waals surface area (Å²) in [6.07, 6.45) is 3.07. The summed E-state index contributed by atoms with van der Waals surface area (Å²) in [5.41, 5.74) is 1.05. The van der Waals surface area contributed by atoms with Gasteiger partial charge in [0, 0.05) is 5.56 Å². The van der Waals surface area contributed by atoms with E-state index in [4.69, 9.17) is 10.00 Å². The molecule has 1 saturated carbocycles. The molecule has 1 aliphatic rings. The first kappa shape index (κ1) is 17.0. The van der Waals surface area contributed by atoms with Crippen molar-refractivity contribution in [1.82, 2.24) is 5.32 Å². The summed E-state index contributed by atoms with van der Waals surface area (Å²) in [6.45, 7) is 0. The highest BCUT2D eigenvalue weighted by Crippen LogP contribution is 2.23. The van der Waals surface area contributed by atoms with Crippen LogP contribution in [-0.4, -0.2) is 23.2 Å². The molecule has 2 N–H and O–H groups in total. The molecule has 0 heterocycles. The molecule has 2 aromatic rings. The Morgan fingerprint density at radius 3 is 2.60 bits per heavy atom. The van der Waals surface area contributed by atoms with Gasteiger partial charge in [0.15, 0.2) is 0 Å². The maximum atomic E-state index is 12.4. The Labute approximate surface area is 146 Å². The SMILES string of the molecule is N#Cc1ccc(Oc2cccc(C(=O)NC3CCCCC3O)c2)cc1. The lowest BCUT2D eigenvalue weighted by Gasteiger charge is -2.28. The first-order valence-electron chi connectivity index (χ1n) is 8.43. The summed E-state index contributed by atoms with van der Waals surface area (Å²) in [4.78, 5) is 12.4. The quantitative estimate of drug-likeness (QED) is 0.896. The molecule has 2 atom stereocenters. The van der Waals surface area contributed by atoms with E-state index in [1.165, 1.54) is 0 Å². The number of ether oxygens (including phenoxy) is 1. The standard InChI is InChI=1S/C20H20N2O3/c21-13-14-8-10-16(11-9-14)25-17-5-3-4-15(12-17)20(24)22-18-6-1-2-7-19(18)23/h3-5,8-12,18-19,23H,1-2,6-7H2,(H,22,24). The molecule has 0 aromatic heterocycles. The van der Waals surface area contributed by atoms with Crippen LogP contribution in [0.1, 0.15) is 41.6 Å². The fourth-order valence-corrected chi connectivity index (χ4v) is 2.97. The zero-order valence-electron chi connectivity index (χ0n) is 13.8. The smallest absolute Gasteiger partial charge is 0.251 e. The number of nitrogens with one attached hydrogen (secondary N) is 1. The van der Waals surface area contributed by atoms with Crippen LogP contribution >= 0.6 is 0 Å². The third-order valence-electron chi connectivity index (χ3n) is 4.36. The van der Waals surface area contributed by atoms with Gasteiger partial charge in [-0.2, -0.15) is 5.26 Å². The second-order valence-corrected chi connectivity index (χ2v) is 6.20. The zero-order chi connectivity index (χ0) is 17.6. The number of hydrogen-bond acceptors (Lipinski definition) is 4. The summed E-state index contributed by atoms with van der Waals surface area (Å²) >= 11 is 0. The van der Waals surface area contributed by atoms with Crippen molar-refractivity contribution in [3.63, 3.8) is 0 Å². The third kappa shape index (κ3) is 4.37. The minimum absolute atomic E-state index is 0.190. The fraction of sp³-hybridized carbons (Fsp3) is 0.300. The molecule has 1 amide bonds. The normalized spacial score (nSPS) is 19.7. The van der Waals surface area contributed by atoms with E-state index in [9.17, 15) is 9.90 Å². The number of amides is 1. The topological polar surface area (TPSA) is 82.3 Å². The van der Waals surface area contributed by atoms with Crippen molar-refractivity contribution >= 4 is 5.91 Å². The highest BCUT2D eigenvalue weighted by atomic mass is 16.5. The van der Waals surface area contributed by atoms with Crippen LogP contribution in [0.15, 0.2) is 48.5 Å². The van der Waals surface area contributed by atoms with E-state index in [-0.39, 0.29) is 11.9 Å². The van der Waals surface area contributed by atoms with Crippen LogP contribution in [0, 0.1) is 11.3 Å². The molecule has 1 fully saturated rings. The lowest BCUT2D eigenvalue weighted by Crippen LogP contribution is -2.45. The summed E-state index contributed by atoms with van der Waals surface area (Å²) in [6, 6.07) is 15.6. The Kier molecular flexibility index (Phi) is 5.32. The van der Waals surface area contributed by atoms with Crippen molar-refractivity contribution in [3.8, 4) is 17.6 Å². The van der Waals surface area contributed by atoms with Gasteiger partial charge in [-0.05, 0) is 55.3 Å². The van der Waals surface area contributed by atoms with Crippen LogP contribution in [0.3, 0.4) is 0 Å². The average Bonchev–Trinajstić information content (AvgIpc) is 2.64. The fourth-order valence-electron chi connectivity index (χ4n) is 2.97. The zero-order valence-corrected chi connectivity index (χ0v) is 13.8. The van der Waals surface area contributed by atoms with E-state index in [1.54, 1.807) is 48.5 Å². The van der Waals surface area contributed by atoms with Crippen molar-refractivity contribution in [2.45, 2.75) is 37.8 Å². The van der Waals surface area contributed by atoms with Crippen LogP contribution in [-0.2, 0) is 0 Å². The highest BCUT2D eigenvalue weighted by molar-refractivity contribution is 5.94. The highest BCUT2D eigenvalue weighted by Gasteiger charge is 2.24. The molecule has 1 aliphatic carbocycles. The molecule has 5 heteroatoms. The number of aliphatic hydroxyl groups excluding tert-OH is 1. The molecule has 5 nitrogen and oxygen atoms in total. The monoisotopic (exact) mass is 336 g/mol. The van der Waals surface area contributed by atoms with Gasteiger partial charge in [0.2, 0.25) is 0 Å². The molecule has 3 rings (SSSR count). The first-order valence-corrected chi connectivity index (χ1v) is 8.43. The van der Waals surface area contributed by atoms with Crippen LogP contribution in [0.5, 0.6) is 11.5 Å². The van der Waals surface area contributed by atoms with Crippen LogP contribution in [0.2, 0.25) is 0 Å². The second kappa shape index (κ2) is 7.82. The number of rotatable bonds is 4. The molecule has 2 unspecified atom stereocenters. The summed E-state index contributed by atoms with van der Waals surface area (Å²) < 4.78 is 5.74. The van der Waals surface area contributed by atoms with Gasteiger partial charge in [-0.3, -0.25) is 4.79 Å². The van der Waals surface area contributed by atoms with Gasteiger partial charge in [0.1, 0.15) is 11.5 Å². The van der Waals surface area contributed by atoms with Crippen LogP contribution < -0.4 is 10.1 Å². The number of hydrogen-bond donors (Lipinski definition) is 2. The predicted octanol–water partition coefficient (Wildman–Crippen LogP) is 3.38. The van der Waals surface area contributed by atoms with E-state index in [0.717, 1.165) is 25.7 Å². The van der Waals surface area contributed by atoms with Gasteiger partial charge in [-0.25, -0.2) is 0 Å². The maximum Gasteiger partial charge on any atom is 0.251 e. The Morgan fingerprint density at radius 1 is 1.12 bits per heavy atom. The Hall–Kier alpha value is -2.84. The summed E-state index contributed by atoms with van der Waals surface area (Å²) in [7, 11) is 0. The Balaban J connectivity index is 1.67. The summed E-state index contributed by atoms with van der Waals surface area (Å²) in [5.74, 6) is 0.928. The van der Waals surface area contributed by atoms with Crippen LogP contribution in [0.25, 0.3) is 0 Å². The molecular weight excluding hydrogens is 316 g/mol. The number of nitriles is 1. The number of aliphatic hydroxyl groups is 1. The maximum absolute atomic E-state index is 12.4. The lowest BCUT2D eigenvalue weighted by atomic mass is 9.92. The van der Waals surface area contributed by atoms with Gasteiger partial charge in [-0.1, -0.05) is 18.9 Å². The van der Waals surface area contributed by atoms with E-state index < -0.39 is 6.10 Å². The van der Waals surface area contributed by atoms with Crippen molar-refractivity contribution in [2.24, 2.45) is 0 Å². The molecule has 128 valence electrons.